The van der Waals surface area contributed by atoms with Crippen LogP contribution in [0.5, 0.6) is 0 Å². The fourth-order valence-electron chi connectivity index (χ4n) is 3.35. The molecule has 6 nitrogen and oxygen atoms in total. The zero-order chi connectivity index (χ0) is 15.4. The summed E-state index contributed by atoms with van der Waals surface area (Å²) in [6.45, 7) is 1.60. The maximum absolute atomic E-state index is 14.1. The normalized spacial score (nSPS) is 39.0. The van der Waals surface area contributed by atoms with E-state index < -0.39 is 24.2 Å². The average molecular weight is 316 g/mol. The number of likely N-dealkylation sites (tertiary alicyclic amines) is 1. The van der Waals surface area contributed by atoms with Crippen LogP contribution in [0.1, 0.15) is 26.2 Å². The molecule has 0 aromatic rings. The van der Waals surface area contributed by atoms with E-state index in [1.54, 1.807) is 16.7 Å². The van der Waals surface area contributed by atoms with Crippen LogP contribution in [-0.2, 0) is 14.4 Å². The molecule has 3 aliphatic rings. The van der Waals surface area contributed by atoms with E-state index >= 15 is 0 Å². The van der Waals surface area contributed by atoms with E-state index in [1.165, 1.54) is 4.90 Å². The van der Waals surface area contributed by atoms with E-state index in [9.17, 15) is 18.8 Å². The Morgan fingerprint density at radius 1 is 1.43 bits per heavy atom. The summed E-state index contributed by atoms with van der Waals surface area (Å²) >= 11 is 1.57. The Morgan fingerprint density at radius 2 is 2.14 bits per heavy atom. The maximum atomic E-state index is 14.1. The molecule has 3 fully saturated rings. The third kappa shape index (κ3) is 2.11. The van der Waals surface area contributed by atoms with Crippen molar-refractivity contribution in [1.82, 2.24) is 9.80 Å². The number of hydrogen-bond donors (Lipinski definition) is 1. The van der Waals surface area contributed by atoms with Crippen molar-refractivity contribution in [2.45, 2.75) is 42.8 Å². The second-order valence-corrected chi connectivity index (χ2v) is 7.55. The summed E-state index contributed by atoms with van der Waals surface area (Å²) in [5, 5.41) is 8.89. The van der Waals surface area contributed by atoms with Crippen LogP contribution in [0, 0.1) is 0 Å². The van der Waals surface area contributed by atoms with Gasteiger partial charge in [0.25, 0.3) is 0 Å². The Balaban J connectivity index is 1.75. The van der Waals surface area contributed by atoms with Crippen molar-refractivity contribution in [3.8, 4) is 0 Å². The summed E-state index contributed by atoms with van der Waals surface area (Å²) in [4.78, 5) is 38.0. The number of amides is 2. The van der Waals surface area contributed by atoms with Crippen molar-refractivity contribution in [2.75, 3.05) is 18.8 Å². The smallest absolute Gasteiger partial charge is 0.343 e. The van der Waals surface area contributed by atoms with Crippen LogP contribution in [0.15, 0.2) is 0 Å². The Hall–Kier alpha value is -1.31. The second kappa shape index (κ2) is 4.59. The van der Waals surface area contributed by atoms with Gasteiger partial charge in [-0.3, -0.25) is 9.59 Å². The van der Waals surface area contributed by atoms with Crippen LogP contribution in [-0.4, -0.2) is 68.1 Å². The molecule has 0 aliphatic carbocycles. The molecule has 3 unspecified atom stereocenters. The van der Waals surface area contributed by atoms with Gasteiger partial charge in [-0.15, -0.1) is 11.8 Å². The number of carbonyl (C=O) groups excluding carboxylic acids is 2. The highest BCUT2D eigenvalue weighted by molar-refractivity contribution is 8.01. The van der Waals surface area contributed by atoms with E-state index in [-0.39, 0.29) is 29.7 Å². The highest BCUT2D eigenvalue weighted by atomic mass is 32.2. The highest BCUT2D eigenvalue weighted by Crippen LogP contribution is 2.47. The first kappa shape index (κ1) is 14.6. The Morgan fingerprint density at radius 3 is 2.76 bits per heavy atom. The Kier molecular flexibility index (Phi) is 3.20. The molecular formula is C13H17FN2O4S. The minimum Gasteiger partial charge on any atom is -0.479 e. The number of alkyl halides is 1. The Bertz CT molecular complexity index is 530. The number of aliphatic carboxylic acids is 1. The quantitative estimate of drug-likeness (QED) is 0.801. The lowest BCUT2D eigenvalue weighted by atomic mass is 10.1. The van der Waals surface area contributed by atoms with Crippen molar-refractivity contribution in [3.63, 3.8) is 0 Å². The van der Waals surface area contributed by atoms with Gasteiger partial charge < -0.3 is 14.9 Å². The van der Waals surface area contributed by atoms with Gasteiger partial charge in [0.15, 0.2) is 0 Å². The Labute approximate surface area is 125 Å². The zero-order valence-corrected chi connectivity index (χ0v) is 12.5. The second-order valence-electron chi connectivity index (χ2n) is 6.05. The number of rotatable bonds is 2. The molecule has 2 amide bonds. The number of carboxylic acid groups (broad SMARTS) is 1. The molecule has 3 aliphatic heterocycles. The highest BCUT2D eigenvalue weighted by Gasteiger charge is 2.55. The van der Waals surface area contributed by atoms with Crippen LogP contribution in [0.3, 0.4) is 0 Å². The number of carbonyl (C=O) groups is 3. The number of carboxylic acids is 1. The van der Waals surface area contributed by atoms with Crippen LogP contribution < -0.4 is 0 Å². The fourth-order valence-corrected chi connectivity index (χ4v) is 4.77. The molecule has 3 atom stereocenters. The number of halogens is 1. The first-order chi connectivity index (χ1) is 9.77. The zero-order valence-electron chi connectivity index (χ0n) is 11.7. The largest absolute Gasteiger partial charge is 0.479 e. The molecule has 3 rings (SSSR count). The molecule has 21 heavy (non-hydrogen) atoms. The summed E-state index contributed by atoms with van der Waals surface area (Å²) in [5.41, 5.74) is -2.36. The first-order valence-corrected chi connectivity index (χ1v) is 7.93. The van der Waals surface area contributed by atoms with Crippen LogP contribution in [0.4, 0.5) is 4.39 Å². The van der Waals surface area contributed by atoms with E-state index in [0.717, 1.165) is 0 Å². The molecule has 3 heterocycles. The van der Waals surface area contributed by atoms with Crippen molar-refractivity contribution >= 4 is 29.5 Å². The minimum absolute atomic E-state index is 0.0511. The summed E-state index contributed by atoms with van der Waals surface area (Å²) in [6, 6.07) is -0.592. The van der Waals surface area contributed by atoms with E-state index in [1.807, 2.05) is 6.92 Å². The van der Waals surface area contributed by atoms with Gasteiger partial charge in [0.05, 0.1) is 11.4 Å². The monoisotopic (exact) mass is 316 g/mol. The van der Waals surface area contributed by atoms with Gasteiger partial charge in [-0.2, -0.15) is 0 Å². The molecule has 3 saturated heterocycles. The average Bonchev–Trinajstić information content (AvgIpc) is 3.05. The van der Waals surface area contributed by atoms with E-state index in [0.29, 0.717) is 18.6 Å². The predicted molar refractivity (Wildman–Crippen MR) is 73.4 cm³/mol. The molecule has 116 valence electrons. The molecule has 1 N–H and O–H groups in total. The first-order valence-electron chi connectivity index (χ1n) is 6.94. The van der Waals surface area contributed by atoms with Crippen molar-refractivity contribution < 1.29 is 23.9 Å². The van der Waals surface area contributed by atoms with Crippen LogP contribution >= 0.6 is 11.8 Å². The van der Waals surface area contributed by atoms with Crippen molar-refractivity contribution in [2.24, 2.45) is 0 Å². The standard InChI is InChI=1S/C13H17FN2O4S/c1-12-3-2-9(17)16(12)8(6-21-12)10(18)15-5-4-13(14,7-15)11(19)20/h8H,2-7H2,1H3,(H,19,20). The molecule has 0 spiro atoms. The van der Waals surface area contributed by atoms with Gasteiger partial charge >= 0.3 is 5.97 Å². The molecule has 0 saturated carbocycles. The molecule has 0 radical (unpaired) electrons. The molecule has 0 aromatic heterocycles. The summed E-state index contributed by atoms with van der Waals surface area (Å²) in [7, 11) is 0. The fraction of sp³-hybridized carbons (Fsp3) is 0.769. The lowest BCUT2D eigenvalue weighted by Crippen LogP contribution is -2.51. The molecule has 8 heteroatoms. The summed E-state index contributed by atoms with van der Waals surface area (Å²) in [5.74, 6) is -1.42. The SMILES string of the molecule is CC12CCC(=O)N1C(C(=O)N1CCC(F)(C(=O)O)C1)CS2. The minimum atomic E-state index is -2.36. The topological polar surface area (TPSA) is 77.9 Å². The van der Waals surface area contributed by atoms with Gasteiger partial charge in [-0.1, -0.05) is 0 Å². The predicted octanol–water partition coefficient (Wildman–Crippen LogP) is 0.466. The van der Waals surface area contributed by atoms with Crippen molar-refractivity contribution in [1.29, 1.82) is 0 Å². The van der Waals surface area contributed by atoms with Gasteiger partial charge in [0, 0.05) is 25.1 Å². The van der Waals surface area contributed by atoms with Crippen LogP contribution in [0.2, 0.25) is 0 Å². The van der Waals surface area contributed by atoms with Gasteiger partial charge in [-0.25, -0.2) is 9.18 Å². The van der Waals surface area contributed by atoms with Gasteiger partial charge in [0.2, 0.25) is 17.5 Å². The van der Waals surface area contributed by atoms with E-state index in [4.69, 9.17) is 5.11 Å². The molecule has 0 aromatic carbocycles. The summed E-state index contributed by atoms with van der Waals surface area (Å²) in [6.07, 6.45) is 0.942. The van der Waals surface area contributed by atoms with Crippen LogP contribution in [0.25, 0.3) is 0 Å². The number of thioether (sulfide) groups is 1. The van der Waals surface area contributed by atoms with Gasteiger partial charge in [-0.05, 0) is 13.3 Å². The third-order valence-corrected chi connectivity index (χ3v) is 6.15. The summed E-state index contributed by atoms with van der Waals surface area (Å²) < 4.78 is 14.1. The lowest BCUT2D eigenvalue weighted by molar-refractivity contribution is -0.151. The molecular weight excluding hydrogens is 299 g/mol. The third-order valence-electron chi connectivity index (χ3n) is 4.64. The number of nitrogens with zero attached hydrogens (tertiary/aromatic N) is 2. The maximum Gasteiger partial charge on any atom is 0.343 e. The number of hydrogen-bond acceptors (Lipinski definition) is 4. The molecule has 0 bridgehead atoms. The van der Waals surface area contributed by atoms with E-state index in [2.05, 4.69) is 0 Å². The number of fused-ring (bicyclic) bond motifs is 1. The van der Waals surface area contributed by atoms with Crippen molar-refractivity contribution in [3.05, 3.63) is 0 Å². The van der Waals surface area contributed by atoms with Gasteiger partial charge in [0.1, 0.15) is 6.04 Å². The lowest BCUT2D eigenvalue weighted by Gasteiger charge is -2.31.